The second-order valence-corrected chi connectivity index (χ2v) is 3.34. The van der Waals surface area contributed by atoms with E-state index in [1.54, 1.807) is 0 Å². The Morgan fingerprint density at radius 1 is 1.44 bits per heavy atom. The SMILES string of the molecule is CCCn1c(=O)[nH]c(CCN)c(N=O)c1=O. The zero-order valence-corrected chi connectivity index (χ0v) is 9.02. The molecule has 88 valence electrons. The summed E-state index contributed by atoms with van der Waals surface area (Å²) in [5.74, 6) is 0. The van der Waals surface area contributed by atoms with E-state index < -0.39 is 11.2 Å². The maximum Gasteiger partial charge on any atom is 0.328 e. The molecule has 0 amide bonds. The lowest BCUT2D eigenvalue weighted by Gasteiger charge is -2.06. The minimum Gasteiger partial charge on any atom is -0.330 e. The zero-order valence-electron chi connectivity index (χ0n) is 9.02. The molecule has 3 N–H and O–H groups in total. The third-order valence-electron chi connectivity index (χ3n) is 2.17. The van der Waals surface area contributed by atoms with E-state index in [4.69, 9.17) is 5.73 Å². The van der Waals surface area contributed by atoms with Crippen LogP contribution in [0.4, 0.5) is 5.69 Å². The molecule has 7 heteroatoms. The highest BCUT2D eigenvalue weighted by Gasteiger charge is 2.13. The lowest BCUT2D eigenvalue weighted by Crippen LogP contribution is -2.36. The van der Waals surface area contributed by atoms with Crippen LogP contribution in [-0.2, 0) is 13.0 Å². The molecular weight excluding hydrogens is 212 g/mol. The van der Waals surface area contributed by atoms with E-state index in [0.717, 1.165) is 4.57 Å². The molecule has 0 spiro atoms. The molecule has 1 heterocycles. The van der Waals surface area contributed by atoms with Crippen LogP contribution < -0.4 is 17.0 Å². The van der Waals surface area contributed by atoms with Crippen molar-refractivity contribution in [3.63, 3.8) is 0 Å². The monoisotopic (exact) mass is 226 g/mol. The van der Waals surface area contributed by atoms with Gasteiger partial charge in [-0.15, -0.1) is 4.91 Å². The van der Waals surface area contributed by atoms with Crippen molar-refractivity contribution in [3.8, 4) is 0 Å². The third-order valence-corrected chi connectivity index (χ3v) is 2.17. The Bertz CT molecular complexity index is 489. The first-order chi connectivity index (χ1) is 7.65. The smallest absolute Gasteiger partial charge is 0.328 e. The highest BCUT2D eigenvalue weighted by atomic mass is 16.3. The van der Waals surface area contributed by atoms with Gasteiger partial charge in [-0.2, -0.15) is 0 Å². The van der Waals surface area contributed by atoms with Gasteiger partial charge in [-0.3, -0.25) is 9.36 Å². The Morgan fingerprint density at radius 3 is 2.62 bits per heavy atom. The summed E-state index contributed by atoms with van der Waals surface area (Å²) < 4.78 is 0.969. The molecule has 0 saturated heterocycles. The number of H-pyrrole nitrogens is 1. The summed E-state index contributed by atoms with van der Waals surface area (Å²) in [6, 6.07) is 0. The molecule has 0 unspecified atom stereocenters. The zero-order chi connectivity index (χ0) is 12.1. The average molecular weight is 226 g/mol. The van der Waals surface area contributed by atoms with E-state index in [1.807, 2.05) is 6.92 Å². The summed E-state index contributed by atoms with van der Waals surface area (Å²) in [4.78, 5) is 36.3. The predicted octanol–water partition coefficient (Wildman–Crippen LogP) is -0.154. The van der Waals surface area contributed by atoms with Gasteiger partial charge in [0, 0.05) is 13.0 Å². The van der Waals surface area contributed by atoms with Crippen LogP contribution in [0.5, 0.6) is 0 Å². The first-order valence-corrected chi connectivity index (χ1v) is 5.05. The number of aromatic amines is 1. The van der Waals surface area contributed by atoms with Crippen LogP contribution >= 0.6 is 0 Å². The number of nitrogens with two attached hydrogens (primary N) is 1. The van der Waals surface area contributed by atoms with Gasteiger partial charge in [0.2, 0.25) is 0 Å². The molecule has 1 aromatic heterocycles. The fourth-order valence-corrected chi connectivity index (χ4v) is 1.45. The molecule has 16 heavy (non-hydrogen) atoms. The van der Waals surface area contributed by atoms with E-state index in [9.17, 15) is 14.5 Å². The molecule has 1 rings (SSSR count). The van der Waals surface area contributed by atoms with Crippen LogP contribution in [0.1, 0.15) is 19.0 Å². The van der Waals surface area contributed by atoms with Gasteiger partial charge in [0.05, 0.1) is 5.69 Å². The fourth-order valence-electron chi connectivity index (χ4n) is 1.45. The Morgan fingerprint density at radius 2 is 2.12 bits per heavy atom. The van der Waals surface area contributed by atoms with Crippen molar-refractivity contribution in [2.45, 2.75) is 26.3 Å². The molecule has 0 aliphatic heterocycles. The molecule has 0 atom stereocenters. The summed E-state index contributed by atoms with van der Waals surface area (Å²) in [5, 5.41) is 2.66. The summed E-state index contributed by atoms with van der Waals surface area (Å²) >= 11 is 0. The minimum absolute atomic E-state index is 0.208. The van der Waals surface area contributed by atoms with Crippen molar-refractivity contribution in [1.29, 1.82) is 0 Å². The maximum absolute atomic E-state index is 11.7. The molecular formula is C9H14N4O3. The predicted molar refractivity (Wildman–Crippen MR) is 59.8 cm³/mol. The van der Waals surface area contributed by atoms with Crippen molar-refractivity contribution < 1.29 is 0 Å². The summed E-state index contributed by atoms with van der Waals surface area (Å²) in [6.45, 7) is 2.32. The standard InChI is InChI=1S/C9H14N4O3/c1-2-5-13-8(14)7(12-16)6(3-4-10)11-9(13)15/h2-5,10H2,1H3,(H,11,15). The molecule has 7 nitrogen and oxygen atoms in total. The lowest BCUT2D eigenvalue weighted by atomic mass is 10.2. The van der Waals surface area contributed by atoms with E-state index in [1.165, 1.54) is 0 Å². The average Bonchev–Trinajstić information content (AvgIpc) is 2.25. The number of nitroso groups, excluding NO2 is 1. The minimum atomic E-state index is -0.649. The van der Waals surface area contributed by atoms with Gasteiger partial charge in [0.15, 0.2) is 5.69 Å². The Hall–Kier alpha value is -1.76. The van der Waals surface area contributed by atoms with Gasteiger partial charge in [-0.25, -0.2) is 4.79 Å². The van der Waals surface area contributed by atoms with Gasteiger partial charge in [0.25, 0.3) is 5.56 Å². The second-order valence-electron chi connectivity index (χ2n) is 3.34. The molecule has 1 aromatic rings. The summed E-state index contributed by atoms with van der Waals surface area (Å²) in [7, 11) is 0. The van der Waals surface area contributed by atoms with E-state index >= 15 is 0 Å². The van der Waals surface area contributed by atoms with Crippen LogP contribution in [0.15, 0.2) is 14.8 Å². The van der Waals surface area contributed by atoms with Crippen LogP contribution in [0.25, 0.3) is 0 Å². The van der Waals surface area contributed by atoms with Gasteiger partial charge in [-0.05, 0) is 18.1 Å². The molecule has 0 fully saturated rings. The molecule has 0 aromatic carbocycles. The normalized spacial score (nSPS) is 10.4. The van der Waals surface area contributed by atoms with Crippen LogP contribution in [0.3, 0.4) is 0 Å². The van der Waals surface area contributed by atoms with Crippen molar-refractivity contribution in [2.24, 2.45) is 10.9 Å². The van der Waals surface area contributed by atoms with Crippen molar-refractivity contribution in [3.05, 3.63) is 31.4 Å². The Kier molecular flexibility index (Phi) is 4.12. The van der Waals surface area contributed by atoms with Crippen LogP contribution in [-0.4, -0.2) is 16.1 Å². The number of nitrogens with one attached hydrogen (secondary N) is 1. The molecule has 0 saturated carbocycles. The van der Waals surface area contributed by atoms with Gasteiger partial charge in [-0.1, -0.05) is 6.92 Å². The first-order valence-electron chi connectivity index (χ1n) is 5.05. The molecule has 0 aliphatic carbocycles. The van der Waals surface area contributed by atoms with Crippen LogP contribution in [0.2, 0.25) is 0 Å². The number of aromatic nitrogens is 2. The lowest BCUT2D eigenvalue weighted by molar-refractivity contribution is 0.609. The number of nitrogens with zero attached hydrogens (tertiary/aromatic N) is 2. The van der Waals surface area contributed by atoms with Gasteiger partial charge < -0.3 is 10.7 Å². The number of hydrogen-bond donors (Lipinski definition) is 2. The Balaban J connectivity index is 3.43. The third kappa shape index (κ3) is 2.25. The molecule has 0 bridgehead atoms. The topological polar surface area (TPSA) is 110 Å². The van der Waals surface area contributed by atoms with E-state index in [2.05, 4.69) is 10.2 Å². The summed E-state index contributed by atoms with van der Waals surface area (Å²) in [6.07, 6.45) is 0.871. The first kappa shape index (κ1) is 12.3. The fraction of sp³-hybridized carbons (Fsp3) is 0.556. The quantitative estimate of drug-likeness (QED) is 0.680. The van der Waals surface area contributed by atoms with Crippen molar-refractivity contribution in [2.75, 3.05) is 6.54 Å². The van der Waals surface area contributed by atoms with Crippen molar-refractivity contribution >= 4 is 5.69 Å². The van der Waals surface area contributed by atoms with Gasteiger partial charge in [0.1, 0.15) is 0 Å². The van der Waals surface area contributed by atoms with E-state index in [0.29, 0.717) is 6.42 Å². The molecule has 0 aliphatic rings. The Labute approximate surface area is 91.3 Å². The van der Waals surface area contributed by atoms with E-state index in [-0.39, 0.29) is 30.9 Å². The largest absolute Gasteiger partial charge is 0.330 e. The number of hydrogen-bond acceptors (Lipinski definition) is 5. The van der Waals surface area contributed by atoms with Crippen LogP contribution in [0, 0.1) is 4.91 Å². The van der Waals surface area contributed by atoms with Gasteiger partial charge >= 0.3 is 5.69 Å². The maximum atomic E-state index is 11.7. The highest BCUT2D eigenvalue weighted by molar-refractivity contribution is 5.39. The second kappa shape index (κ2) is 5.36. The number of rotatable bonds is 5. The highest BCUT2D eigenvalue weighted by Crippen LogP contribution is 2.08. The summed E-state index contributed by atoms with van der Waals surface area (Å²) in [5.41, 5.74) is 4.09. The van der Waals surface area contributed by atoms with Crippen molar-refractivity contribution in [1.82, 2.24) is 9.55 Å². The molecule has 0 radical (unpaired) electrons.